The van der Waals surface area contributed by atoms with Gasteiger partial charge in [-0.25, -0.2) is 18.2 Å². The van der Waals surface area contributed by atoms with Crippen LogP contribution in [0.1, 0.15) is 30.3 Å². The van der Waals surface area contributed by atoms with Crippen LogP contribution in [0, 0.1) is 5.92 Å². The van der Waals surface area contributed by atoms with Crippen molar-refractivity contribution in [2.45, 2.75) is 24.8 Å². The van der Waals surface area contributed by atoms with E-state index in [2.05, 4.69) is 16.6 Å². The van der Waals surface area contributed by atoms with Crippen molar-refractivity contribution in [3.63, 3.8) is 0 Å². The van der Waals surface area contributed by atoms with E-state index in [9.17, 15) is 13.2 Å². The van der Waals surface area contributed by atoms with Crippen molar-refractivity contribution in [2.24, 2.45) is 5.92 Å². The number of sulfonamides is 1. The van der Waals surface area contributed by atoms with Crippen molar-refractivity contribution in [1.82, 2.24) is 9.29 Å². The summed E-state index contributed by atoms with van der Waals surface area (Å²) in [5, 5.41) is -0.102. The van der Waals surface area contributed by atoms with E-state index < -0.39 is 16.0 Å². The number of ether oxygens (including phenoxy) is 1. The van der Waals surface area contributed by atoms with Gasteiger partial charge in [0.15, 0.2) is 5.03 Å². The van der Waals surface area contributed by atoms with E-state index in [0.29, 0.717) is 19.0 Å². The average molecular weight is 298 g/mol. The van der Waals surface area contributed by atoms with Gasteiger partial charge >= 0.3 is 5.97 Å². The zero-order chi connectivity index (χ0) is 14.8. The van der Waals surface area contributed by atoms with Crippen LogP contribution in [0.3, 0.4) is 0 Å². The molecule has 7 heteroatoms. The normalized spacial score (nSPS) is 17.9. The molecule has 0 bridgehead atoms. The summed E-state index contributed by atoms with van der Waals surface area (Å²) >= 11 is 0. The minimum atomic E-state index is -3.64. The molecule has 0 aliphatic carbocycles. The molecule has 1 fully saturated rings. The molecule has 0 aromatic carbocycles. The lowest BCUT2D eigenvalue weighted by Crippen LogP contribution is -2.38. The van der Waals surface area contributed by atoms with E-state index in [-0.39, 0.29) is 10.7 Å². The number of carbonyl (C=O) groups is 1. The smallest absolute Gasteiger partial charge is 0.356 e. The van der Waals surface area contributed by atoms with Crippen LogP contribution < -0.4 is 0 Å². The van der Waals surface area contributed by atoms with Crippen molar-refractivity contribution >= 4 is 16.0 Å². The Kier molecular flexibility index (Phi) is 4.39. The number of piperidine rings is 1. The molecular weight excluding hydrogens is 280 g/mol. The van der Waals surface area contributed by atoms with Gasteiger partial charge in [0.1, 0.15) is 5.69 Å². The largest absolute Gasteiger partial charge is 0.464 e. The topological polar surface area (TPSA) is 76.6 Å². The number of hydrogen-bond donors (Lipinski definition) is 0. The molecule has 0 spiro atoms. The summed E-state index contributed by atoms with van der Waals surface area (Å²) in [6.45, 7) is 3.10. The van der Waals surface area contributed by atoms with Crippen LogP contribution in [-0.4, -0.2) is 43.9 Å². The van der Waals surface area contributed by atoms with Gasteiger partial charge in [-0.2, -0.15) is 4.31 Å². The quantitative estimate of drug-likeness (QED) is 0.786. The lowest BCUT2D eigenvalue weighted by atomic mass is 10.0. The highest BCUT2D eigenvalue weighted by Crippen LogP contribution is 2.22. The molecule has 2 rings (SSSR count). The first kappa shape index (κ1) is 14.9. The third-order valence-electron chi connectivity index (χ3n) is 3.46. The first-order valence-corrected chi connectivity index (χ1v) is 7.94. The summed E-state index contributed by atoms with van der Waals surface area (Å²) in [5.41, 5.74) is -0.000970. The molecule has 0 atom stereocenters. The molecule has 2 heterocycles. The molecule has 1 aliphatic heterocycles. The Morgan fingerprint density at radius 3 is 2.60 bits per heavy atom. The lowest BCUT2D eigenvalue weighted by Gasteiger charge is -2.29. The van der Waals surface area contributed by atoms with Crippen molar-refractivity contribution in [3.8, 4) is 0 Å². The van der Waals surface area contributed by atoms with Crippen LogP contribution in [0.2, 0.25) is 0 Å². The van der Waals surface area contributed by atoms with E-state index in [4.69, 9.17) is 0 Å². The zero-order valence-electron chi connectivity index (χ0n) is 11.6. The van der Waals surface area contributed by atoms with Gasteiger partial charge in [-0.1, -0.05) is 13.0 Å². The monoisotopic (exact) mass is 298 g/mol. The summed E-state index contributed by atoms with van der Waals surface area (Å²) in [5.74, 6) is -0.106. The molecule has 1 aliphatic rings. The fraction of sp³-hybridized carbons (Fsp3) is 0.538. The molecule has 110 valence electrons. The van der Waals surface area contributed by atoms with Crippen molar-refractivity contribution in [1.29, 1.82) is 0 Å². The van der Waals surface area contributed by atoms with E-state index in [1.165, 1.54) is 29.6 Å². The molecule has 0 unspecified atom stereocenters. The summed E-state index contributed by atoms with van der Waals surface area (Å²) < 4.78 is 30.9. The van der Waals surface area contributed by atoms with Crippen LogP contribution in [0.25, 0.3) is 0 Å². The van der Waals surface area contributed by atoms with Gasteiger partial charge in [0.25, 0.3) is 10.0 Å². The van der Waals surface area contributed by atoms with Gasteiger partial charge in [0.05, 0.1) is 7.11 Å². The number of pyridine rings is 1. The fourth-order valence-electron chi connectivity index (χ4n) is 2.13. The Morgan fingerprint density at radius 2 is 2.00 bits per heavy atom. The second-order valence-corrected chi connectivity index (χ2v) is 6.82. The maximum absolute atomic E-state index is 12.5. The summed E-state index contributed by atoms with van der Waals surface area (Å²) in [7, 11) is -2.40. The SMILES string of the molecule is COC(=O)c1cccc(S(=O)(=O)N2CCC(C)CC2)n1. The predicted molar refractivity (Wildman–Crippen MR) is 72.7 cm³/mol. The van der Waals surface area contributed by atoms with Gasteiger partial charge in [-0.15, -0.1) is 0 Å². The number of carbonyl (C=O) groups excluding carboxylic acids is 1. The van der Waals surface area contributed by atoms with Crippen LogP contribution in [0.4, 0.5) is 0 Å². The molecule has 0 amide bonds. The molecule has 0 saturated carbocycles. The first-order valence-electron chi connectivity index (χ1n) is 6.50. The van der Waals surface area contributed by atoms with Gasteiger partial charge in [-0.05, 0) is 30.9 Å². The van der Waals surface area contributed by atoms with E-state index in [1.807, 2.05) is 0 Å². The lowest BCUT2D eigenvalue weighted by molar-refractivity contribution is 0.0593. The summed E-state index contributed by atoms with van der Waals surface area (Å²) in [4.78, 5) is 15.3. The Labute approximate surface area is 118 Å². The molecule has 20 heavy (non-hydrogen) atoms. The van der Waals surface area contributed by atoms with Crippen molar-refractivity contribution < 1.29 is 17.9 Å². The van der Waals surface area contributed by atoms with Crippen LogP contribution in [0.15, 0.2) is 23.2 Å². The fourth-order valence-corrected chi connectivity index (χ4v) is 3.55. The number of hydrogen-bond acceptors (Lipinski definition) is 5. The second-order valence-electron chi connectivity index (χ2n) is 4.94. The van der Waals surface area contributed by atoms with Gasteiger partial charge in [-0.3, -0.25) is 0 Å². The molecular formula is C13H18N2O4S. The predicted octanol–water partition coefficient (Wildman–Crippen LogP) is 1.29. The number of aromatic nitrogens is 1. The zero-order valence-corrected chi connectivity index (χ0v) is 12.4. The average Bonchev–Trinajstić information content (AvgIpc) is 2.47. The minimum absolute atomic E-state index is 0.000970. The third kappa shape index (κ3) is 2.99. The Hall–Kier alpha value is -1.47. The number of esters is 1. The number of rotatable bonds is 3. The second kappa shape index (κ2) is 5.88. The summed E-state index contributed by atoms with van der Waals surface area (Å²) in [6.07, 6.45) is 1.69. The first-order chi connectivity index (χ1) is 9.45. The molecule has 0 N–H and O–H groups in total. The van der Waals surface area contributed by atoms with E-state index in [0.717, 1.165) is 12.8 Å². The Morgan fingerprint density at radius 1 is 1.35 bits per heavy atom. The highest BCUT2D eigenvalue weighted by Gasteiger charge is 2.29. The van der Waals surface area contributed by atoms with Crippen LogP contribution >= 0.6 is 0 Å². The minimum Gasteiger partial charge on any atom is -0.464 e. The molecule has 1 saturated heterocycles. The van der Waals surface area contributed by atoms with Crippen LogP contribution in [0.5, 0.6) is 0 Å². The Balaban J connectivity index is 2.28. The Bertz CT molecular complexity index is 592. The highest BCUT2D eigenvalue weighted by molar-refractivity contribution is 7.89. The van der Waals surface area contributed by atoms with Crippen LogP contribution in [-0.2, 0) is 14.8 Å². The molecule has 0 radical (unpaired) electrons. The van der Waals surface area contributed by atoms with E-state index >= 15 is 0 Å². The van der Waals surface area contributed by atoms with E-state index in [1.54, 1.807) is 0 Å². The van der Waals surface area contributed by atoms with Crippen molar-refractivity contribution in [2.75, 3.05) is 20.2 Å². The number of methoxy groups -OCH3 is 1. The number of nitrogens with zero attached hydrogens (tertiary/aromatic N) is 2. The highest BCUT2D eigenvalue weighted by atomic mass is 32.2. The molecule has 1 aromatic heterocycles. The van der Waals surface area contributed by atoms with Gasteiger partial charge in [0, 0.05) is 13.1 Å². The standard InChI is InChI=1S/C13H18N2O4S/c1-10-6-8-15(9-7-10)20(17,18)12-5-3-4-11(14-12)13(16)19-2/h3-5,10H,6-9H2,1-2H3. The maximum Gasteiger partial charge on any atom is 0.356 e. The van der Waals surface area contributed by atoms with Gasteiger partial charge in [0.2, 0.25) is 0 Å². The maximum atomic E-state index is 12.5. The van der Waals surface area contributed by atoms with Crippen molar-refractivity contribution in [3.05, 3.63) is 23.9 Å². The third-order valence-corrected chi connectivity index (χ3v) is 5.27. The summed E-state index contributed by atoms with van der Waals surface area (Å²) in [6, 6.07) is 4.33. The molecule has 1 aromatic rings. The molecule has 6 nitrogen and oxygen atoms in total. The van der Waals surface area contributed by atoms with Gasteiger partial charge < -0.3 is 4.74 Å².